The van der Waals surface area contributed by atoms with Crippen LogP contribution in [0.2, 0.25) is 0 Å². The number of piperidine rings is 1. The number of imide groups is 2. The van der Waals surface area contributed by atoms with Gasteiger partial charge in [-0.3, -0.25) is 34.3 Å². The molecule has 0 bridgehead atoms. The monoisotopic (exact) mass is 455 g/mol. The molecule has 0 saturated carbocycles. The van der Waals surface area contributed by atoms with Crippen molar-refractivity contribution in [1.29, 1.82) is 0 Å². The van der Waals surface area contributed by atoms with Gasteiger partial charge in [-0.1, -0.05) is 0 Å². The van der Waals surface area contributed by atoms with Crippen molar-refractivity contribution in [2.45, 2.75) is 18.9 Å². The lowest BCUT2D eigenvalue weighted by Gasteiger charge is -2.39. The van der Waals surface area contributed by atoms with E-state index in [4.69, 9.17) is 11.0 Å². The fourth-order valence-electron chi connectivity index (χ4n) is 3.95. The molecule has 3 fully saturated rings. The molecule has 9 nitrogen and oxygen atoms in total. The van der Waals surface area contributed by atoms with E-state index in [-0.39, 0.29) is 34.6 Å². The molecule has 4 aliphatic rings. The molecule has 4 aliphatic heterocycles. The molecule has 1 unspecified atom stereocenters. The number of nitrogens with zero attached hydrogens (tertiary/aromatic N) is 3. The zero-order valence-corrected chi connectivity index (χ0v) is 16.5. The van der Waals surface area contributed by atoms with Crippen molar-refractivity contribution in [2.24, 2.45) is 5.92 Å². The first-order chi connectivity index (χ1) is 18.4. The first kappa shape index (κ1) is 13.6. The molecule has 1 atom stereocenters. The minimum atomic E-state index is -3.55. The van der Waals surface area contributed by atoms with Gasteiger partial charge in [0.2, 0.25) is 11.8 Å². The Bertz CT molecular complexity index is 1330. The number of hydrogen-bond donors (Lipinski definition) is 2. The first-order valence-corrected chi connectivity index (χ1v) is 9.89. The van der Waals surface area contributed by atoms with Gasteiger partial charge in [0.05, 0.1) is 22.3 Å². The summed E-state index contributed by atoms with van der Waals surface area (Å²) in [6, 6.07) is -1.39. The maximum Gasteiger partial charge on any atom is 0.265 e. The summed E-state index contributed by atoms with van der Waals surface area (Å²) in [5.41, 5.74) is -3.70. The van der Waals surface area contributed by atoms with E-state index in [1.807, 2.05) is 5.32 Å². The molecule has 3 saturated heterocycles. The molecule has 0 spiro atoms. The minimum Gasteiger partial charge on any atom is -0.366 e. The van der Waals surface area contributed by atoms with Crippen LogP contribution in [0.4, 0.5) is 14.5 Å². The van der Waals surface area contributed by atoms with Gasteiger partial charge in [-0.25, -0.2) is 8.78 Å². The highest BCUT2D eigenvalue weighted by Crippen LogP contribution is 2.36. The Morgan fingerprint density at radius 2 is 1.72 bits per heavy atom. The summed E-state index contributed by atoms with van der Waals surface area (Å²) in [6.07, 6.45) is -0.595. The summed E-state index contributed by atoms with van der Waals surface area (Å²) < 4.78 is 99.5. The van der Waals surface area contributed by atoms with E-state index in [0.717, 1.165) is 0 Å². The Morgan fingerprint density at radius 1 is 1.03 bits per heavy atom. The number of carbonyl (C=O) groups excluding carboxylic acids is 4. The highest BCUT2D eigenvalue weighted by atomic mass is 19.1. The van der Waals surface area contributed by atoms with Gasteiger partial charge in [0.15, 0.2) is 5.82 Å². The normalized spacial score (nSPS) is 34.6. The average Bonchev–Trinajstić information content (AvgIpc) is 3.05. The number of fused-ring (bicyclic) bond motifs is 1. The molecule has 4 amide bonds. The van der Waals surface area contributed by atoms with E-state index in [9.17, 15) is 19.2 Å². The van der Waals surface area contributed by atoms with Gasteiger partial charge in [-0.15, -0.1) is 0 Å². The van der Waals surface area contributed by atoms with Gasteiger partial charge >= 0.3 is 0 Å². The van der Waals surface area contributed by atoms with Crippen molar-refractivity contribution in [2.75, 3.05) is 50.5 Å². The third kappa shape index (κ3) is 3.36. The van der Waals surface area contributed by atoms with Crippen molar-refractivity contribution >= 4 is 29.3 Å². The molecule has 0 aromatic heterocycles. The fourth-order valence-corrected chi connectivity index (χ4v) is 3.95. The Morgan fingerprint density at radius 3 is 2.34 bits per heavy atom. The minimum absolute atomic E-state index is 0.195. The number of benzene rings is 1. The van der Waals surface area contributed by atoms with Gasteiger partial charge in [0.25, 0.3) is 11.8 Å². The van der Waals surface area contributed by atoms with Crippen LogP contribution in [-0.2, 0) is 9.59 Å². The highest BCUT2D eigenvalue weighted by Gasteiger charge is 2.48. The smallest absolute Gasteiger partial charge is 0.265 e. The number of hydrogen-bond acceptors (Lipinski definition) is 7. The molecule has 2 N–H and O–H groups in total. The summed E-state index contributed by atoms with van der Waals surface area (Å²) in [7, 11) is 0. The second kappa shape index (κ2) is 7.89. The largest absolute Gasteiger partial charge is 0.366 e. The molecule has 5 rings (SSSR count). The second-order valence-corrected chi connectivity index (χ2v) is 7.81. The maximum absolute atomic E-state index is 16.1. The van der Waals surface area contributed by atoms with E-state index < -0.39 is 90.7 Å². The third-order valence-corrected chi connectivity index (χ3v) is 5.72. The molecule has 1 aromatic rings. The standard InChI is InChI=1S/C21H23F2N5O4/c22-12-7-14(27-5-3-26(4-6-27)10-11-8-24-9-11)18(23)17-16(12)20(31)28(21(17)32)13-1-2-15(29)25-19(13)30/h7,11,13,24H,1-6,8-10H2,(H,25,29,30)/i3D2,4D2,5D2,6D2. The molecule has 32 heavy (non-hydrogen) atoms. The van der Waals surface area contributed by atoms with Crippen molar-refractivity contribution in [1.82, 2.24) is 20.4 Å². The van der Waals surface area contributed by atoms with Gasteiger partial charge in [0.1, 0.15) is 11.9 Å². The molecule has 11 heteroatoms. The van der Waals surface area contributed by atoms with Gasteiger partial charge < -0.3 is 10.2 Å². The van der Waals surface area contributed by atoms with Crippen LogP contribution in [0.1, 0.15) is 44.5 Å². The van der Waals surface area contributed by atoms with E-state index in [1.165, 1.54) is 0 Å². The molecule has 4 heterocycles. The van der Waals surface area contributed by atoms with Crippen LogP contribution >= 0.6 is 0 Å². The van der Waals surface area contributed by atoms with Crippen LogP contribution in [0.15, 0.2) is 6.07 Å². The fraction of sp³-hybridized carbons (Fsp3) is 0.524. The Kier molecular flexibility index (Phi) is 3.35. The first-order valence-electron chi connectivity index (χ1n) is 13.9. The van der Waals surface area contributed by atoms with Gasteiger partial charge in [-0.2, -0.15) is 0 Å². The Balaban J connectivity index is 1.63. The number of amides is 4. The van der Waals surface area contributed by atoms with Crippen molar-refractivity contribution in [3.05, 3.63) is 28.8 Å². The van der Waals surface area contributed by atoms with Gasteiger partial charge in [0, 0.05) is 63.6 Å². The second-order valence-electron chi connectivity index (χ2n) is 7.81. The van der Waals surface area contributed by atoms with Crippen LogP contribution in [0.5, 0.6) is 0 Å². The highest BCUT2D eigenvalue weighted by molar-refractivity contribution is 6.24. The summed E-state index contributed by atoms with van der Waals surface area (Å²) in [5.74, 6) is -8.39. The topological polar surface area (TPSA) is 102 Å². The van der Waals surface area contributed by atoms with Gasteiger partial charge in [-0.05, 0) is 12.3 Å². The lowest BCUT2D eigenvalue weighted by molar-refractivity contribution is -0.136. The lowest BCUT2D eigenvalue weighted by atomic mass is 10.0. The molecule has 0 radical (unpaired) electrons. The van der Waals surface area contributed by atoms with E-state index >= 15 is 8.78 Å². The predicted molar refractivity (Wildman–Crippen MR) is 108 cm³/mol. The summed E-state index contributed by atoms with van der Waals surface area (Å²) in [5, 5.41) is 4.81. The number of anilines is 1. The molecule has 1 aromatic carbocycles. The third-order valence-electron chi connectivity index (χ3n) is 5.72. The van der Waals surface area contributed by atoms with E-state index in [2.05, 4.69) is 5.32 Å². The van der Waals surface area contributed by atoms with E-state index in [0.29, 0.717) is 18.0 Å². The van der Waals surface area contributed by atoms with Crippen molar-refractivity contribution in [3.63, 3.8) is 0 Å². The maximum atomic E-state index is 16.1. The number of rotatable bonds is 4. The molecular formula is C21H23F2N5O4. The van der Waals surface area contributed by atoms with Crippen LogP contribution in [0.25, 0.3) is 0 Å². The number of piperazine rings is 1. The van der Waals surface area contributed by atoms with Crippen LogP contribution in [-0.4, -0.2) is 85.1 Å². The summed E-state index contributed by atoms with van der Waals surface area (Å²) in [6.45, 7) is -13.4. The predicted octanol–water partition coefficient (Wildman–Crippen LogP) is -0.293. The number of nitrogens with one attached hydrogen (secondary N) is 2. The van der Waals surface area contributed by atoms with Crippen molar-refractivity contribution < 1.29 is 38.9 Å². The summed E-state index contributed by atoms with van der Waals surface area (Å²) in [4.78, 5) is 50.4. The Labute approximate surface area is 193 Å². The zero-order valence-electron chi connectivity index (χ0n) is 24.5. The Hall–Kier alpha value is -2.92. The van der Waals surface area contributed by atoms with Crippen LogP contribution < -0.4 is 15.5 Å². The summed E-state index contributed by atoms with van der Waals surface area (Å²) >= 11 is 0. The van der Waals surface area contributed by atoms with E-state index in [1.54, 1.807) is 0 Å². The van der Waals surface area contributed by atoms with Crippen LogP contribution in [0.3, 0.4) is 0 Å². The molecular weight excluding hydrogens is 424 g/mol. The SMILES string of the molecule is [2H]C1([2H])N(CC2CNC2)C([2H])([2H])C([2H])([2H])N(c2cc(F)c3c(c2F)C(=O)N(C2CCC(=O)NC2=O)C3=O)C1([2H])[2H]. The average molecular weight is 455 g/mol. The van der Waals surface area contributed by atoms with Crippen LogP contribution in [0, 0.1) is 17.6 Å². The number of halogens is 2. The van der Waals surface area contributed by atoms with Crippen molar-refractivity contribution in [3.8, 4) is 0 Å². The zero-order chi connectivity index (χ0) is 29.7. The molecule has 0 aliphatic carbocycles. The lowest BCUT2D eigenvalue weighted by Crippen LogP contribution is -2.54. The quantitative estimate of drug-likeness (QED) is 0.602. The number of carbonyl (C=O) groups is 4. The molecule has 170 valence electrons.